The Bertz CT molecular complexity index is 495. The van der Waals surface area contributed by atoms with Crippen LogP contribution in [0.1, 0.15) is 25.8 Å². The third-order valence-electron chi connectivity index (χ3n) is 4.05. The van der Waals surface area contributed by atoms with Gasteiger partial charge < -0.3 is 10.2 Å². The normalized spacial score (nSPS) is 27.8. The molecule has 2 rings (SSSR count). The van der Waals surface area contributed by atoms with Crippen molar-refractivity contribution < 1.29 is 0 Å². The van der Waals surface area contributed by atoms with Crippen LogP contribution in [-0.2, 0) is 0 Å². The van der Waals surface area contributed by atoms with Gasteiger partial charge in [0.2, 0.25) is 0 Å². The van der Waals surface area contributed by atoms with Crippen molar-refractivity contribution in [2.24, 2.45) is 5.92 Å². The zero-order valence-corrected chi connectivity index (χ0v) is 12.4. The molecule has 0 saturated carbocycles. The second-order valence-electron chi connectivity index (χ2n) is 5.56. The van der Waals surface area contributed by atoms with Crippen molar-refractivity contribution in [1.82, 2.24) is 4.90 Å². The van der Waals surface area contributed by atoms with E-state index >= 15 is 0 Å². The lowest BCUT2D eigenvalue weighted by atomic mass is 9.89. The third-order valence-corrected chi connectivity index (χ3v) is 4.36. The average molecular weight is 278 g/mol. The number of benzene rings is 1. The number of rotatable bonds is 2. The summed E-state index contributed by atoms with van der Waals surface area (Å²) >= 11 is 6.22. The maximum Gasteiger partial charge on any atom is 0.0992 e. The van der Waals surface area contributed by atoms with Crippen molar-refractivity contribution in [3.8, 4) is 6.07 Å². The molecule has 102 valence electrons. The zero-order chi connectivity index (χ0) is 14.0. The molecule has 1 aliphatic rings. The number of halogens is 1. The van der Waals surface area contributed by atoms with Gasteiger partial charge in [-0.3, -0.25) is 0 Å². The molecule has 19 heavy (non-hydrogen) atoms. The first-order valence-electron chi connectivity index (χ1n) is 6.67. The standard InChI is InChI=1S/C15H20ClN3/c1-10-9-19(3)11(2)6-15(10)18-14-5-4-12(8-17)7-13(14)16/h4-5,7,10-11,15,18H,6,9H2,1-3H3. The van der Waals surface area contributed by atoms with E-state index in [0.29, 0.717) is 28.6 Å². The van der Waals surface area contributed by atoms with Crippen molar-refractivity contribution in [2.45, 2.75) is 32.4 Å². The molecule has 1 aliphatic heterocycles. The van der Waals surface area contributed by atoms with E-state index in [2.05, 4.69) is 37.2 Å². The van der Waals surface area contributed by atoms with Gasteiger partial charge in [0.25, 0.3) is 0 Å². The Morgan fingerprint density at radius 3 is 2.79 bits per heavy atom. The highest BCUT2D eigenvalue weighted by Gasteiger charge is 2.29. The molecule has 1 aromatic rings. The van der Waals surface area contributed by atoms with Crippen LogP contribution in [0.25, 0.3) is 0 Å². The molecule has 0 aromatic heterocycles. The quantitative estimate of drug-likeness (QED) is 0.901. The van der Waals surface area contributed by atoms with E-state index in [1.165, 1.54) is 0 Å². The molecule has 3 unspecified atom stereocenters. The SMILES string of the molecule is CC1CN(C)C(C)CC1Nc1ccc(C#N)cc1Cl. The molecule has 0 radical (unpaired) electrons. The van der Waals surface area contributed by atoms with Gasteiger partial charge in [-0.2, -0.15) is 5.26 Å². The number of nitrogens with one attached hydrogen (secondary N) is 1. The van der Waals surface area contributed by atoms with Crippen LogP contribution in [0.5, 0.6) is 0 Å². The molecule has 3 atom stereocenters. The molecule has 1 N–H and O–H groups in total. The van der Waals surface area contributed by atoms with Crippen molar-refractivity contribution >= 4 is 17.3 Å². The molecular formula is C15H20ClN3. The zero-order valence-electron chi connectivity index (χ0n) is 11.7. The Morgan fingerprint density at radius 1 is 1.42 bits per heavy atom. The number of nitrogens with zero attached hydrogens (tertiary/aromatic N) is 2. The first-order chi connectivity index (χ1) is 9.01. The van der Waals surface area contributed by atoms with Gasteiger partial charge in [-0.15, -0.1) is 0 Å². The molecule has 3 nitrogen and oxygen atoms in total. The van der Waals surface area contributed by atoms with E-state index in [-0.39, 0.29) is 0 Å². The van der Waals surface area contributed by atoms with Crippen molar-refractivity contribution in [3.05, 3.63) is 28.8 Å². The lowest BCUT2D eigenvalue weighted by molar-refractivity contribution is 0.145. The molecule has 1 saturated heterocycles. The lowest BCUT2D eigenvalue weighted by Gasteiger charge is -2.40. The predicted molar refractivity (Wildman–Crippen MR) is 79.5 cm³/mol. The molecule has 1 aromatic carbocycles. The fraction of sp³-hybridized carbons (Fsp3) is 0.533. The van der Waals surface area contributed by atoms with Crippen LogP contribution in [0.3, 0.4) is 0 Å². The Morgan fingerprint density at radius 2 is 2.16 bits per heavy atom. The van der Waals surface area contributed by atoms with Crippen LogP contribution in [0, 0.1) is 17.2 Å². The average Bonchev–Trinajstić information content (AvgIpc) is 2.38. The highest BCUT2D eigenvalue weighted by molar-refractivity contribution is 6.33. The van der Waals surface area contributed by atoms with Crippen LogP contribution in [-0.4, -0.2) is 30.6 Å². The molecule has 4 heteroatoms. The highest BCUT2D eigenvalue weighted by atomic mass is 35.5. The summed E-state index contributed by atoms with van der Waals surface area (Å²) in [7, 11) is 2.17. The number of hydrogen-bond acceptors (Lipinski definition) is 3. The van der Waals surface area contributed by atoms with Gasteiger partial charge in [-0.1, -0.05) is 18.5 Å². The van der Waals surface area contributed by atoms with Gasteiger partial charge in [-0.05, 0) is 44.5 Å². The molecule has 1 heterocycles. The molecule has 0 amide bonds. The number of likely N-dealkylation sites (tertiary alicyclic amines) is 1. The molecule has 0 aliphatic carbocycles. The van der Waals surface area contributed by atoms with Crippen LogP contribution in [0.15, 0.2) is 18.2 Å². The van der Waals surface area contributed by atoms with E-state index in [9.17, 15) is 0 Å². The highest BCUT2D eigenvalue weighted by Crippen LogP contribution is 2.28. The summed E-state index contributed by atoms with van der Waals surface area (Å²) < 4.78 is 0. The summed E-state index contributed by atoms with van der Waals surface area (Å²) in [5.41, 5.74) is 1.52. The van der Waals surface area contributed by atoms with Crippen LogP contribution in [0.2, 0.25) is 5.02 Å². The summed E-state index contributed by atoms with van der Waals surface area (Å²) in [5.74, 6) is 0.577. The Kier molecular flexibility index (Phi) is 4.34. The maximum absolute atomic E-state index is 8.85. The maximum atomic E-state index is 8.85. The van der Waals surface area contributed by atoms with Crippen LogP contribution >= 0.6 is 11.6 Å². The minimum Gasteiger partial charge on any atom is -0.381 e. The van der Waals surface area contributed by atoms with E-state index in [1.54, 1.807) is 12.1 Å². The summed E-state index contributed by atoms with van der Waals surface area (Å²) in [5, 5.41) is 13.0. The van der Waals surface area contributed by atoms with Crippen molar-refractivity contribution in [1.29, 1.82) is 5.26 Å². The number of anilines is 1. The number of piperidine rings is 1. The second kappa shape index (κ2) is 5.81. The first-order valence-corrected chi connectivity index (χ1v) is 7.05. The minimum atomic E-state index is 0.427. The van der Waals surface area contributed by atoms with Gasteiger partial charge in [0.1, 0.15) is 0 Å². The molecule has 0 bridgehead atoms. The summed E-state index contributed by atoms with van der Waals surface area (Å²) in [6, 6.07) is 8.52. The Hall–Kier alpha value is -1.24. The van der Waals surface area contributed by atoms with Gasteiger partial charge in [0.15, 0.2) is 0 Å². The number of nitriles is 1. The van der Waals surface area contributed by atoms with Gasteiger partial charge >= 0.3 is 0 Å². The largest absolute Gasteiger partial charge is 0.381 e. The lowest BCUT2D eigenvalue weighted by Crippen LogP contribution is -2.48. The van der Waals surface area contributed by atoms with E-state index in [0.717, 1.165) is 18.7 Å². The van der Waals surface area contributed by atoms with Crippen LogP contribution < -0.4 is 5.32 Å². The predicted octanol–water partition coefficient (Wildman–Crippen LogP) is 3.35. The van der Waals surface area contributed by atoms with Crippen molar-refractivity contribution in [2.75, 3.05) is 18.9 Å². The Balaban J connectivity index is 2.11. The van der Waals surface area contributed by atoms with E-state index in [1.807, 2.05) is 6.07 Å². The van der Waals surface area contributed by atoms with Crippen LogP contribution in [0.4, 0.5) is 5.69 Å². The second-order valence-corrected chi connectivity index (χ2v) is 5.97. The number of hydrogen-bond donors (Lipinski definition) is 1. The van der Waals surface area contributed by atoms with Gasteiger partial charge in [0, 0.05) is 18.6 Å². The first kappa shape index (κ1) is 14.2. The molecule has 0 spiro atoms. The van der Waals surface area contributed by atoms with E-state index in [4.69, 9.17) is 16.9 Å². The summed E-state index contributed by atoms with van der Waals surface area (Å²) in [6.45, 7) is 5.60. The van der Waals surface area contributed by atoms with E-state index < -0.39 is 0 Å². The summed E-state index contributed by atoms with van der Waals surface area (Å²) in [4.78, 5) is 2.39. The fourth-order valence-electron chi connectivity index (χ4n) is 2.64. The summed E-state index contributed by atoms with van der Waals surface area (Å²) in [6.07, 6.45) is 1.11. The van der Waals surface area contributed by atoms with Crippen molar-refractivity contribution in [3.63, 3.8) is 0 Å². The fourth-order valence-corrected chi connectivity index (χ4v) is 2.88. The molecular weight excluding hydrogens is 258 g/mol. The minimum absolute atomic E-state index is 0.427. The smallest absolute Gasteiger partial charge is 0.0992 e. The molecule has 1 fully saturated rings. The Labute approximate surface area is 120 Å². The van der Waals surface area contributed by atoms with Gasteiger partial charge in [-0.25, -0.2) is 0 Å². The third kappa shape index (κ3) is 3.20. The van der Waals surface area contributed by atoms with Gasteiger partial charge in [0.05, 0.1) is 22.3 Å². The monoisotopic (exact) mass is 277 g/mol. The topological polar surface area (TPSA) is 39.1 Å².